The van der Waals surface area contributed by atoms with E-state index in [0.29, 0.717) is 5.56 Å². The molecule has 0 radical (unpaired) electrons. The maximum atomic E-state index is 11.6. The number of aryl methyl sites for hydroxylation is 1. The molecule has 3 nitrogen and oxygen atoms in total. The third kappa shape index (κ3) is 2.98. The highest BCUT2D eigenvalue weighted by molar-refractivity contribution is 5.99. The lowest BCUT2D eigenvalue weighted by atomic mass is 10.1. The lowest BCUT2D eigenvalue weighted by Gasteiger charge is -2.11. The molecule has 2 N–H and O–H groups in total. The molecule has 0 bridgehead atoms. The van der Waals surface area contributed by atoms with Crippen molar-refractivity contribution in [2.24, 2.45) is 0 Å². The number of nitrogens with one attached hydrogen (secondary N) is 2. The van der Waals surface area contributed by atoms with Crippen LogP contribution in [0.1, 0.15) is 29.3 Å². The molecule has 0 aliphatic carbocycles. The van der Waals surface area contributed by atoms with Crippen LogP contribution in [-0.2, 0) is 0 Å². The van der Waals surface area contributed by atoms with Crippen LogP contribution < -0.4 is 10.6 Å². The molecule has 82 valence electrons. The first-order valence-corrected chi connectivity index (χ1v) is 5.25. The molecule has 0 atom stereocenters. The summed E-state index contributed by atoms with van der Waals surface area (Å²) in [6.45, 7) is 4.96. The van der Waals surface area contributed by atoms with Crippen LogP contribution in [0.3, 0.4) is 0 Å². The van der Waals surface area contributed by atoms with Gasteiger partial charge in [-0.3, -0.25) is 4.79 Å². The van der Waals surface area contributed by atoms with Gasteiger partial charge in [-0.25, -0.2) is 0 Å². The monoisotopic (exact) mass is 206 g/mol. The SMILES string of the molecule is CCCNc1ccc(C)cc1C(=O)NC. The fraction of sp³-hybridized carbons (Fsp3) is 0.417. The number of rotatable bonds is 4. The number of carbonyl (C=O) groups is 1. The number of hydrogen-bond acceptors (Lipinski definition) is 2. The molecule has 0 unspecified atom stereocenters. The van der Waals surface area contributed by atoms with Crippen molar-refractivity contribution in [3.05, 3.63) is 29.3 Å². The zero-order chi connectivity index (χ0) is 11.3. The minimum absolute atomic E-state index is 0.0442. The van der Waals surface area contributed by atoms with Crippen LogP contribution in [0.2, 0.25) is 0 Å². The van der Waals surface area contributed by atoms with Crippen molar-refractivity contribution in [1.82, 2.24) is 5.32 Å². The molecule has 0 aliphatic heterocycles. The third-order valence-electron chi connectivity index (χ3n) is 2.21. The van der Waals surface area contributed by atoms with E-state index < -0.39 is 0 Å². The lowest BCUT2D eigenvalue weighted by Crippen LogP contribution is -2.20. The molecule has 0 heterocycles. The Bertz CT molecular complexity index is 347. The van der Waals surface area contributed by atoms with Crippen molar-refractivity contribution >= 4 is 11.6 Å². The Morgan fingerprint density at radius 1 is 1.40 bits per heavy atom. The molecule has 0 aromatic heterocycles. The first-order valence-electron chi connectivity index (χ1n) is 5.25. The lowest BCUT2D eigenvalue weighted by molar-refractivity contribution is 0.0964. The Morgan fingerprint density at radius 2 is 2.13 bits per heavy atom. The second kappa shape index (κ2) is 5.39. The van der Waals surface area contributed by atoms with E-state index in [1.807, 2.05) is 25.1 Å². The van der Waals surface area contributed by atoms with Gasteiger partial charge < -0.3 is 10.6 Å². The summed E-state index contributed by atoms with van der Waals surface area (Å²) < 4.78 is 0. The summed E-state index contributed by atoms with van der Waals surface area (Å²) in [5.74, 6) is -0.0442. The smallest absolute Gasteiger partial charge is 0.253 e. The van der Waals surface area contributed by atoms with Crippen LogP contribution in [0.5, 0.6) is 0 Å². The highest BCUT2D eigenvalue weighted by atomic mass is 16.1. The second-order valence-electron chi connectivity index (χ2n) is 3.55. The van der Waals surface area contributed by atoms with Crippen LogP contribution in [0, 0.1) is 6.92 Å². The second-order valence-corrected chi connectivity index (χ2v) is 3.55. The predicted molar refractivity (Wildman–Crippen MR) is 63.3 cm³/mol. The molecule has 3 heteroatoms. The van der Waals surface area contributed by atoms with E-state index in [4.69, 9.17) is 0 Å². The van der Waals surface area contributed by atoms with Crippen molar-refractivity contribution < 1.29 is 4.79 Å². The van der Waals surface area contributed by atoms with E-state index in [1.165, 1.54) is 0 Å². The van der Waals surface area contributed by atoms with Crippen molar-refractivity contribution in [3.63, 3.8) is 0 Å². The van der Waals surface area contributed by atoms with E-state index in [1.54, 1.807) is 7.05 Å². The summed E-state index contributed by atoms with van der Waals surface area (Å²) in [5, 5.41) is 5.89. The molecule has 0 spiro atoms. The average Bonchev–Trinajstić information content (AvgIpc) is 2.26. The number of benzene rings is 1. The van der Waals surface area contributed by atoms with Gasteiger partial charge in [-0.2, -0.15) is 0 Å². The van der Waals surface area contributed by atoms with Crippen LogP contribution in [0.4, 0.5) is 5.69 Å². The molecule has 0 aliphatic rings. The van der Waals surface area contributed by atoms with Gasteiger partial charge in [0.2, 0.25) is 0 Å². The number of amides is 1. The quantitative estimate of drug-likeness (QED) is 0.792. The zero-order valence-corrected chi connectivity index (χ0v) is 9.55. The number of anilines is 1. The van der Waals surface area contributed by atoms with Crippen molar-refractivity contribution in [2.45, 2.75) is 20.3 Å². The van der Waals surface area contributed by atoms with E-state index >= 15 is 0 Å². The first kappa shape index (κ1) is 11.6. The average molecular weight is 206 g/mol. The Morgan fingerprint density at radius 3 is 2.73 bits per heavy atom. The van der Waals surface area contributed by atoms with Crippen molar-refractivity contribution in [3.8, 4) is 0 Å². The van der Waals surface area contributed by atoms with Crippen LogP contribution in [-0.4, -0.2) is 19.5 Å². The standard InChI is InChI=1S/C12H18N2O/c1-4-7-14-11-6-5-9(2)8-10(11)12(15)13-3/h5-6,8,14H,4,7H2,1-3H3,(H,13,15). The summed E-state index contributed by atoms with van der Waals surface area (Å²) in [5.41, 5.74) is 2.71. The Balaban J connectivity index is 2.97. The first-order chi connectivity index (χ1) is 7.19. The van der Waals surface area contributed by atoms with E-state index in [2.05, 4.69) is 17.6 Å². The van der Waals surface area contributed by atoms with Gasteiger partial charge in [-0.15, -0.1) is 0 Å². The van der Waals surface area contributed by atoms with E-state index in [-0.39, 0.29) is 5.91 Å². The molecule has 1 rings (SSSR count). The van der Waals surface area contributed by atoms with Crippen molar-refractivity contribution in [2.75, 3.05) is 18.9 Å². The topological polar surface area (TPSA) is 41.1 Å². The van der Waals surface area contributed by atoms with Gasteiger partial charge in [0.1, 0.15) is 0 Å². The zero-order valence-electron chi connectivity index (χ0n) is 9.55. The fourth-order valence-electron chi connectivity index (χ4n) is 1.39. The third-order valence-corrected chi connectivity index (χ3v) is 2.21. The van der Waals surface area contributed by atoms with Crippen LogP contribution in [0.15, 0.2) is 18.2 Å². The molecule has 1 aromatic carbocycles. The summed E-state index contributed by atoms with van der Waals surface area (Å²) in [6, 6.07) is 5.86. The summed E-state index contributed by atoms with van der Waals surface area (Å²) >= 11 is 0. The van der Waals surface area contributed by atoms with Gasteiger partial charge in [0.15, 0.2) is 0 Å². The molecular weight excluding hydrogens is 188 g/mol. The highest BCUT2D eigenvalue weighted by Crippen LogP contribution is 2.17. The van der Waals surface area contributed by atoms with Gasteiger partial charge >= 0.3 is 0 Å². The summed E-state index contributed by atoms with van der Waals surface area (Å²) in [6.07, 6.45) is 1.04. The Hall–Kier alpha value is -1.51. The van der Waals surface area contributed by atoms with Gasteiger partial charge in [0, 0.05) is 19.3 Å². The fourth-order valence-corrected chi connectivity index (χ4v) is 1.39. The maximum Gasteiger partial charge on any atom is 0.253 e. The summed E-state index contributed by atoms with van der Waals surface area (Å²) in [4.78, 5) is 11.6. The Kier molecular flexibility index (Phi) is 4.16. The predicted octanol–water partition coefficient (Wildman–Crippen LogP) is 2.18. The van der Waals surface area contributed by atoms with Crippen LogP contribution >= 0.6 is 0 Å². The number of hydrogen-bond donors (Lipinski definition) is 2. The van der Waals surface area contributed by atoms with Gasteiger partial charge in [0.25, 0.3) is 5.91 Å². The molecule has 1 amide bonds. The molecule has 1 aromatic rings. The van der Waals surface area contributed by atoms with Gasteiger partial charge in [0.05, 0.1) is 5.56 Å². The normalized spacial score (nSPS) is 9.80. The summed E-state index contributed by atoms with van der Waals surface area (Å²) in [7, 11) is 1.65. The van der Waals surface area contributed by atoms with Crippen LogP contribution in [0.25, 0.3) is 0 Å². The maximum absolute atomic E-state index is 11.6. The minimum Gasteiger partial charge on any atom is -0.384 e. The van der Waals surface area contributed by atoms with E-state index in [0.717, 1.165) is 24.2 Å². The van der Waals surface area contributed by atoms with Gasteiger partial charge in [-0.1, -0.05) is 18.6 Å². The van der Waals surface area contributed by atoms with Crippen molar-refractivity contribution in [1.29, 1.82) is 0 Å². The highest BCUT2D eigenvalue weighted by Gasteiger charge is 2.09. The Labute approximate surface area is 90.9 Å². The minimum atomic E-state index is -0.0442. The van der Waals surface area contributed by atoms with Gasteiger partial charge in [-0.05, 0) is 25.5 Å². The number of carbonyl (C=O) groups excluding carboxylic acids is 1. The molecule has 0 saturated heterocycles. The van der Waals surface area contributed by atoms with E-state index in [9.17, 15) is 4.79 Å². The molecular formula is C12H18N2O. The largest absolute Gasteiger partial charge is 0.384 e. The molecule has 15 heavy (non-hydrogen) atoms. The molecule has 0 fully saturated rings. The molecule has 0 saturated carbocycles.